The second-order valence-electron chi connectivity index (χ2n) is 6.18. The molecule has 0 bridgehead atoms. The lowest BCUT2D eigenvalue weighted by Crippen LogP contribution is -2.39. The molecule has 12 heteroatoms. The van der Waals surface area contributed by atoms with Crippen LogP contribution in [0.5, 0.6) is 5.75 Å². The maximum atomic E-state index is 13.1. The molecular formula is C17H17ClF3N3O4S. The Hall–Kier alpha value is -1.98. The second-order valence-corrected chi connectivity index (χ2v) is 7.73. The summed E-state index contributed by atoms with van der Waals surface area (Å²) in [6, 6.07) is 4.89. The molecule has 2 atom stereocenters. The number of aliphatic imine (C=N–C) groups is 1. The third kappa shape index (κ3) is 5.77. The number of thioether (sulfide) groups is 1. The molecule has 2 aliphatic rings. The number of rotatable bonds is 6. The van der Waals surface area contributed by atoms with Crippen LogP contribution in [0.2, 0.25) is 0 Å². The number of nitrogens with zero attached hydrogens (tertiary/aromatic N) is 2. The van der Waals surface area contributed by atoms with Gasteiger partial charge in [-0.25, -0.2) is 4.39 Å². The standard InChI is InChI=1S/C17H17ClF3N3O4S/c18-15(19)17(20,21)28-11-3-1-10(2-4-11)22-13(25)9-12-14(26)23-16(29-12)24-5-7-27-8-6-24/h1-4,12,15H,5-9H2,(H,22,25)/t12-,15-/m1/s1. The summed E-state index contributed by atoms with van der Waals surface area (Å²) in [5.74, 6) is -1.13. The summed E-state index contributed by atoms with van der Waals surface area (Å²) in [6.07, 6.45) is -4.27. The van der Waals surface area contributed by atoms with E-state index in [1.165, 1.54) is 23.9 Å². The lowest BCUT2D eigenvalue weighted by molar-refractivity contribution is -0.199. The highest BCUT2D eigenvalue weighted by molar-refractivity contribution is 8.15. The fourth-order valence-corrected chi connectivity index (χ4v) is 3.75. The van der Waals surface area contributed by atoms with E-state index in [-0.39, 0.29) is 18.1 Å². The number of carbonyl (C=O) groups excluding carboxylic acids is 2. The molecule has 0 unspecified atom stereocenters. The first kappa shape index (κ1) is 21.7. The average Bonchev–Trinajstić information content (AvgIpc) is 3.04. The Bertz CT molecular complexity index is 789. The lowest BCUT2D eigenvalue weighted by Gasteiger charge is -2.27. The van der Waals surface area contributed by atoms with Crippen LogP contribution in [-0.2, 0) is 14.3 Å². The van der Waals surface area contributed by atoms with Crippen LogP contribution < -0.4 is 10.1 Å². The largest absolute Gasteiger partial charge is 0.444 e. The summed E-state index contributed by atoms with van der Waals surface area (Å²) in [5, 5.41) is 2.53. The first-order valence-corrected chi connectivity index (χ1v) is 9.93. The van der Waals surface area contributed by atoms with Crippen LogP contribution in [0, 0.1) is 0 Å². The van der Waals surface area contributed by atoms with Crippen molar-refractivity contribution in [3.05, 3.63) is 24.3 Å². The molecule has 1 N–H and O–H groups in total. The van der Waals surface area contributed by atoms with Gasteiger partial charge in [-0.2, -0.15) is 13.8 Å². The molecular weight excluding hydrogens is 435 g/mol. The van der Waals surface area contributed by atoms with Gasteiger partial charge < -0.3 is 19.7 Å². The molecule has 1 aromatic rings. The van der Waals surface area contributed by atoms with Gasteiger partial charge in [0.2, 0.25) is 5.91 Å². The van der Waals surface area contributed by atoms with E-state index in [4.69, 9.17) is 16.3 Å². The predicted molar refractivity (Wildman–Crippen MR) is 102 cm³/mol. The molecule has 0 spiro atoms. The number of amidine groups is 1. The van der Waals surface area contributed by atoms with Crippen molar-refractivity contribution in [2.75, 3.05) is 31.6 Å². The van der Waals surface area contributed by atoms with Crippen LogP contribution in [0.25, 0.3) is 0 Å². The van der Waals surface area contributed by atoms with E-state index in [1.807, 2.05) is 4.90 Å². The summed E-state index contributed by atoms with van der Waals surface area (Å²) in [7, 11) is 0. The fourth-order valence-electron chi connectivity index (χ4n) is 2.59. The van der Waals surface area contributed by atoms with Gasteiger partial charge in [-0.15, -0.1) is 0 Å². The average molecular weight is 452 g/mol. The van der Waals surface area contributed by atoms with E-state index in [9.17, 15) is 22.8 Å². The zero-order chi connectivity index (χ0) is 21.0. The zero-order valence-corrected chi connectivity index (χ0v) is 16.5. The van der Waals surface area contributed by atoms with E-state index in [0.29, 0.717) is 37.2 Å². The molecule has 3 rings (SSSR count). The van der Waals surface area contributed by atoms with Gasteiger partial charge in [0.1, 0.15) is 11.0 Å². The highest BCUT2D eigenvalue weighted by atomic mass is 35.5. The van der Waals surface area contributed by atoms with E-state index < -0.39 is 22.9 Å². The van der Waals surface area contributed by atoms with Crippen LogP contribution in [-0.4, -0.2) is 65.2 Å². The first-order chi connectivity index (χ1) is 13.7. The fraction of sp³-hybridized carbons (Fsp3) is 0.471. The molecule has 1 fully saturated rings. The molecule has 0 radical (unpaired) electrons. The Labute approximate surface area is 173 Å². The molecule has 2 amide bonds. The third-order valence-electron chi connectivity index (χ3n) is 4.03. The van der Waals surface area contributed by atoms with Gasteiger partial charge in [-0.05, 0) is 24.3 Å². The number of morpholine rings is 1. The topological polar surface area (TPSA) is 80.2 Å². The van der Waals surface area contributed by atoms with Gasteiger partial charge in [-0.3, -0.25) is 9.59 Å². The summed E-state index contributed by atoms with van der Waals surface area (Å²) < 4.78 is 48.3. The number of hydrogen-bond acceptors (Lipinski definition) is 6. The Morgan fingerprint density at radius 1 is 1.38 bits per heavy atom. The Kier molecular flexibility index (Phi) is 6.91. The highest BCUT2D eigenvalue weighted by Crippen LogP contribution is 2.30. The van der Waals surface area contributed by atoms with Gasteiger partial charge in [0, 0.05) is 25.2 Å². The van der Waals surface area contributed by atoms with Crippen LogP contribution in [0.4, 0.5) is 18.9 Å². The molecule has 2 aliphatic heterocycles. The molecule has 1 aromatic carbocycles. The van der Waals surface area contributed by atoms with Gasteiger partial charge in [0.05, 0.1) is 13.2 Å². The van der Waals surface area contributed by atoms with Crippen LogP contribution in [0.15, 0.2) is 29.3 Å². The van der Waals surface area contributed by atoms with Crippen molar-refractivity contribution >= 4 is 46.0 Å². The SMILES string of the molecule is O=C(C[C@H]1SC(N2CCOCC2)=NC1=O)Nc1ccc(OC(F)(F)[C@@H](F)Cl)cc1. The number of anilines is 1. The third-order valence-corrected chi connectivity index (χ3v) is 5.49. The number of nitrogens with one attached hydrogen (secondary N) is 1. The maximum Gasteiger partial charge on any atom is 0.444 e. The van der Waals surface area contributed by atoms with Crippen molar-refractivity contribution in [2.24, 2.45) is 4.99 Å². The number of alkyl halides is 4. The van der Waals surface area contributed by atoms with Crippen molar-refractivity contribution < 1.29 is 32.2 Å². The number of ether oxygens (including phenoxy) is 2. The molecule has 0 aromatic heterocycles. The molecule has 158 valence electrons. The minimum Gasteiger partial charge on any atom is -0.429 e. The molecule has 1 saturated heterocycles. The van der Waals surface area contributed by atoms with Gasteiger partial charge in [0.15, 0.2) is 5.17 Å². The first-order valence-electron chi connectivity index (χ1n) is 8.61. The summed E-state index contributed by atoms with van der Waals surface area (Å²) in [6.45, 7) is 2.39. The van der Waals surface area contributed by atoms with E-state index >= 15 is 0 Å². The number of hydrogen-bond donors (Lipinski definition) is 1. The maximum absolute atomic E-state index is 13.1. The predicted octanol–water partition coefficient (Wildman–Crippen LogP) is 2.85. The quantitative estimate of drug-likeness (QED) is 0.670. The minimum absolute atomic E-state index is 0.0903. The highest BCUT2D eigenvalue weighted by Gasteiger charge is 2.42. The summed E-state index contributed by atoms with van der Waals surface area (Å²) in [5.41, 5.74) is -2.69. The Morgan fingerprint density at radius 3 is 2.66 bits per heavy atom. The van der Waals surface area contributed by atoms with Crippen molar-refractivity contribution in [1.82, 2.24) is 4.90 Å². The number of halogens is 4. The Morgan fingerprint density at radius 2 is 2.03 bits per heavy atom. The monoisotopic (exact) mass is 451 g/mol. The van der Waals surface area contributed by atoms with Crippen LogP contribution >= 0.6 is 23.4 Å². The van der Waals surface area contributed by atoms with Crippen molar-refractivity contribution in [1.29, 1.82) is 0 Å². The molecule has 0 saturated carbocycles. The number of carbonyl (C=O) groups is 2. The summed E-state index contributed by atoms with van der Waals surface area (Å²) >= 11 is 5.96. The van der Waals surface area contributed by atoms with E-state index in [1.54, 1.807) is 0 Å². The minimum atomic E-state index is -4.18. The second kappa shape index (κ2) is 9.23. The van der Waals surface area contributed by atoms with Crippen molar-refractivity contribution in [2.45, 2.75) is 23.4 Å². The van der Waals surface area contributed by atoms with Gasteiger partial charge >= 0.3 is 6.11 Å². The zero-order valence-electron chi connectivity index (χ0n) is 14.9. The van der Waals surface area contributed by atoms with Crippen LogP contribution in [0.1, 0.15) is 6.42 Å². The van der Waals surface area contributed by atoms with Crippen molar-refractivity contribution in [3.63, 3.8) is 0 Å². The summed E-state index contributed by atoms with van der Waals surface area (Å²) in [4.78, 5) is 30.3. The Balaban J connectivity index is 1.50. The van der Waals surface area contributed by atoms with Gasteiger partial charge in [0.25, 0.3) is 11.5 Å². The number of amides is 2. The van der Waals surface area contributed by atoms with E-state index in [2.05, 4.69) is 15.0 Å². The molecule has 7 nitrogen and oxygen atoms in total. The normalized spacial score (nSPS) is 21.0. The lowest BCUT2D eigenvalue weighted by atomic mass is 10.2. The van der Waals surface area contributed by atoms with Gasteiger partial charge in [-0.1, -0.05) is 23.4 Å². The van der Waals surface area contributed by atoms with Crippen molar-refractivity contribution in [3.8, 4) is 5.75 Å². The van der Waals surface area contributed by atoms with E-state index in [0.717, 1.165) is 12.1 Å². The number of benzene rings is 1. The molecule has 2 heterocycles. The molecule has 0 aliphatic carbocycles. The smallest absolute Gasteiger partial charge is 0.429 e. The molecule has 29 heavy (non-hydrogen) atoms. The van der Waals surface area contributed by atoms with Crippen LogP contribution in [0.3, 0.4) is 0 Å².